The summed E-state index contributed by atoms with van der Waals surface area (Å²) in [5, 5.41) is 11.2. The Morgan fingerprint density at radius 1 is 1.29 bits per heavy atom. The summed E-state index contributed by atoms with van der Waals surface area (Å²) in [6.45, 7) is 4.67. The van der Waals surface area contributed by atoms with Gasteiger partial charge >= 0.3 is 5.97 Å². The highest BCUT2D eigenvalue weighted by Crippen LogP contribution is 2.44. The van der Waals surface area contributed by atoms with Crippen LogP contribution >= 0.6 is 0 Å². The van der Waals surface area contributed by atoms with Crippen molar-refractivity contribution in [3.8, 4) is 11.5 Å². The molecule has 1 aromatic carbocycles. The summed E-state index contributed by atoms with van der Waals surface area (Å²) in [6.07, 6.45) is 6.29. The number of ether oxygens (including phenoxy) is 2. The van der Waals surface area contributed by atoms with Crippen molar-refractivity contribution < 1.29 is 29.0 Å². The van der Waals surface area contributed by atoms with E-state index in [1.165, 1.54) is 19.3 Å². The van der Waals surface area contributed by atoms with Crippen LogP contribution in [0.25, 0.3) is 6.08 Å². The van der Waals surface area contributed by atoms with Gasteiger partial charge in [-0.25, -0.2) is 5.06 Å². The second-order valence-electron chi connectivity index (χ2n) is 8.04. The minimum absolute atomic E-state index is 0.113. The van der Waals surface area contributed by atoms with Crippen LogP contribution in [-0.2, 0) is 19.2 Å². The van der Waals surface area contributed by atoms with E-state index in [0.717, 1.165) is 31.6 Å². The number of carbonyl (C=O) groups is 2. The van der Waals surface area contributed by atoms with Crippen molar-refractivity contribution >= 4 is 18.0 Å². The number of phenols is 1. The van der Waals surface area contributed by atoms with Crippen LogP contribution in [0.4, 0.5) is 0 Å². The van der Waals surface area contributed by atoms with E-state index in [-0.39, 0.29) is 24.0 Å². The first kappa shape index (κ1) is 23.1. The molecular weight excluding hydrogens is 400 g/mol. The summed E-state index contributed by atoms with van der Waals surface area (Å²) >= 11 is 0. The van der Waals surface area contributed by atoms with Crippen LogP contribution in [0.1, 0.15) is 38.2 Å². The van der Waals surface area contributed by atoms with Gasteiger partial charge in [0.15, 0.2) is 11.5 Å². The fourth-order valence-electron chi connectivity index (χ4n) is 4.48. The molecular formula is C23H32N2O6. The Kier molecular flexibility index (Phi) is 7.56. The van der Waals surface area contributed by atoms with Crippen molar-refractivity contribution in [3.05, 3.63) is 29.8 Å². The number of benzene rings is 1. The number of likely N-dealkylation sites (tertiary alicyclic amines) is 1. The Morgan fingerprint density at radius 2 is 2.03 bits per heavy atom. The summed E-state index contributed by atoms with van der Waals surface area (Å²) in [6, 6.07) is 5.22. The van der Waals surface area contributed by atoms with Crippen LogP contribution in [0.15, 0.2) is 24.3 Å². The molecule has 1 aromatic rings. The van der Waals surface area contributed by atoms with E-state index in [4.69, 9.17) is 14.3 Å². The first-order chi connectivity index (χ1) is 14.9. The highest BCUT2D eigenvalue weighted by molar-refractivity contribution is 5.88. The normalized spacial score (nSPS) is 21.2. The SMILES string of the molecule is CCCON1C(=O)C[C@@H](C(=O)OC)C12CCN(C/C=C/c1ccc(O)c(OC)c1)CC2. The van der Waals surface area contributed by atoms with E-state index in [9.17, 15) is 14.7 Å². The third kappa shape index (κ3) is 4.85. The number of hydrogen-bond donors (Lipinski definition) is 1. The van der Waals surface area contributed by atoms with Crippen LogP contribution in [0.2, 0.25) is 0 Å². The lowest BCUT2D eigenvalue weighted by molar-refractivity contribution is -0.223. The van der Waals surface area contributed by atoms with Crippen LogP contribution < -0.4 is 4.74 Å². The van der Waals surface area contributed by atoms with Crippen LogP contribution in [-0.4, -0.2) is 72.9 Å². The number of hydroxylamine groups is 2. The molecule has 0 aliphatic carbocycles. The number of rotatable bonds is 8. The lowest BCUT2D eigenvalue weighted by Crippen LogP contribution is -2.57. The summed E-state index contributed by atoms with van der Waals surface area (Å²) in [4.78, 5) is 33.1. The van der Waals surface area contributed by atoms with Gasteiger partial charge in [0.25, 0.3) is 0 Å². The van der Waals surface area contributed by atoms with Crippen LogP contribution in [0, 0.1) is 5.92 Å². The Labute approximate surface area is 183 Å². The van der Waals surface area contributed by atoms with E-state index in [1.807, 2.05) is 19.1 Å². The zero-order valence-electron chi connectivity index (χ0n) is 18.5. The standard InChI is InChI=1S/C23H32N2O6/c1-4-14-31-25-21(27)16-18(22(28)30-3)23(25)9-12-24(13-10-23)11-5-6-17-7-8-19(26)20(15-17)29-2/h5-8,15,18,26H,4,9-14,16H2,1-3H3/b6-5+/t18-/m0/s1. The Bertz CT molecular complexity index is 816. The number of hydrogen-bond acceptors (Lipinski definition) is 7. The van der Waals surface area contributed by atoms with Crippen molar-refractivity contribution in [1.29, 1.82) is 0 Å². The second-order valence-corrected chi connectivity index (χ2v) is 8.04. The minimum atomic E-state index is -0.635. The third-order valence-corrected chi connectivity index (χ3v) is 6.17. The molecule has 1 N–H and O–H groups in total. The van der Waals surface area contributed by atoms with E-state index < -0.39 is 11.5 Å². The molecule has 0 aromatic heterocycles. The van der Waals surface area contributed by atoms with Crippen molar-refractivity contribution in [2.45, 2.75) is 38.1 Å². The van der Waals surface area contributed by atoms with E-state index in [0.29, 0.717) is 25.2 Å². The zero-order chi connectivity index (χ0) is 22.4. The zero-order valence-corrected chi connectivity index (χ0v) is 18.5. The van der Waals surface area contributed by atoms with Gasteiger partial charge in [-0.05, 0) is 37.0 Å². The maximum absolute atomic E-state index is 12.6. The number of methoxy groups -OCH3 is 2. The maximum Gasteiger partial charge on any atom is 0.311 e. The molecule has 3 rings (SSSR count). The van der Waals surface area contributed by atoms with Crippen molar-refractivity contribution in [2.75, 3.05) is 40.5 Å². The highest BCUT2D eigenvalue weighted by Gasteiger charge is 2.58. The Balaban J connectivity index is 1.65. The van der Waals surface area contributed by atoms with Gasteiger partial charge in [0.1, 0.15) is 0 Å². The topological polar surface area (TPSA) is 88.5 Å². The molecule has 1 atom stereocenters. The number of nitrogens with zero attached hydrogens (tertiary/aromatic N) is 2. The summed E-state index contributed by atoms with van der Waals surface area (Å²) < 4.78 is 10.1. The van der Waals surface area contributed by atoms with Gasteiger partial charge in [0, 0.05) is 26.1 Å². The first-order valence-corrected chi connectivity index (χ1v) is 10.7. The van der Waals surface area contributed by atoms with Gasteiger partial charge in [-0.3, -0.25) is 19.3 Å². The maximum atomic E-state index is 12.6. The summed E-state index contributed by atoms with van der Waals surface area (Å²) in [7, 11) is 2.89. The van der Waals surface area contributed by atoms with E-state index >= 15 is 0 Å². The molecule has 2 aliphatic heterocycles. The monoisotopic (exact) mass is 432 g/mol. The number of piperidine rings is 1. The molecule has 2 aliphatic rings. The molecule has 8 heteroatoms. The second kappa shape index (κ2) is 10.2. The fraction of sp³-hybridized carbons (Fsp3) is 0.565. The Morgan fingerprint density at radius 3 is 2.68 bits per heavy atom. The van der Waals surface area contributed by atoms with Gasteiger partial charge in [-0.15, -0.1) is 0 Å². The van der Waals surface area contributed by atoms with Crippen LogP contribution in [0.5, 0.6) is 11.5 Å². The number of phenolic OH excluding ortho intramolecular Hbond substituents is 1. The smallest absolute Gasteiger partial charge is 0.311 e. The molecule has 0 saturated carbocycles. The number of carbonyl (C=O) groups excluding carboxylic acids is 2. The summed E-state index contributed by atoms with van der Waals surface area (Å²) in [5.41, 5.74) is 0.304. The van der Waals surface area contributed by atoms with Crippen molar-refractivity contribution in [3.63, 3.8) is 0 Å². The highest BCUT2D eigenvalue weighted by atomic mass is 16.7. The van der Waals surface area contributed by atoms with E-state index in [2.05, 4.69) is 11.0 Å². The third-order valence-electron chi connectivity index (χ3n) is 6.17. The predicted molar refractivity (Wildman–Crippen MR) is 115 cm³/mol. The molecule has 2 fully saturated rings. The fourth-order valence-corrected chi connectivity index (χ4v) is 4.48. The van der Waals surface area contributed by atoms with Crippen molar-refractivity contribution in [1.82, 2.24) is 9.96 Å². The largest absolute Gasteiger partial charge is 0.504 e. The number of esters is 1. The molecule has 0 bridgehead atoms. The van der Waals surface area contributed by atoms with Gasteiger partial charge in [-0.2, -0.15) is 0 Å². The average Bonchev–Trinajstić information content (AvgIpc) is 3.05. The van der Waals surface area contributed by atoms with Gasteiger partial charge in [0.05, 0.1) is 32.3 Å². The van der Waals surface area contributed by atoms with Gasteiger partial charge < -0.3 is 14.6 Å². The molecule has 2 saturated heterocycles. The molecule has 0 radical (unpaired) electrons. The number of amides is 1. The summed E-state index contributed by atoms with van der Waals surface area (Å²) in [5.74, 6) is -0.427. The quantitative estimate of drug-likeness (QED) is 0.632. The predicted octanol–water partition coefficient (Wildman–Crippen LogP) is 2.61. The molecule has 170 valence electrons. The molecule has 2 heterocycles. The lowest BCUT2D eigenvalue weighted by atomic mass is 9.77. The minimum Gasteiger partial charge on any atom is -0.504 e. The molecule has 8 nitrogen and oxygen atoms in total. The first-order valence-electron chi connectivity index (χ1n) is 10.7. The van der Waals surface area contributed by atoms with Crippen molar-refractivity contribution in [2.24, 2.45) is 5.92 Å². The Hall–Kier alpha value is -2.58. The van der Waals surface area contributed by atoms with Gasteiger partial charge in [-0.1, -0.05) is 25.1 Å². The molecule has 0 unspecified atom stereocenters. The average molecular weight is 433 g/mol. The molecule has 1 spiro atoms. The molecule has 31 heavy (non-hydrogen) atoms. The van der Waals surface area contributed by atoms with E-state index in [1.54, 1.807) is 12.1 Å². The van der Waals surface area contributed by atoms with Crippen LogP contribution in [0.3, 0.4) is 0 Å². The molecule has 1 amide bonds. The van der Waals surface area contributed by atoms with Gasteiger partial charge in [0.2, 0.25) is 5.91 Å². The number of aromatic hydroxyl groups is 1. The lowest BCUT2D eigenvalue weighted by Gasteiger charge is -2.45.